The normalized spacial score (nSPS) is 13.4. The minimum Gasteiger partial charge on any atom is -0.352 e. The average molecular weight is 245 g/mol. The Morgan fingerprint density at radius 3 is 2.50 bits per heavy atom. The molecule has 1 atom stereocenters. The van der Waals surface area contributed by atoms with Crippen molar-refractivity contribution in [3.63, 3.8) is 0 Å². The number of carbonyl (C=O) groups excluding carboxylic acids is 1. The van der Waals surface area contributed by atoms with E-state index in [-0.39, 0.29) is 5.91 Å². The summed E-state index contributed by atoms with van der Waals surface area (Å²) >= 11 is 0. The molecule has 0 heterocycles. The predicted octanol–water partition coefficient (Wildman–Crippen LogP) is 1.55. The highest BCUT2D eigenvalue weighted by Crippen LogP contribution is 2.19. The fraction of sp³-hybridized carbons (Fsp3) is 0.429. The topological polar surface area (TPSA) is 78.9 Å². The van der Waals surface area contributed by atoms with Crippen LogP contribution in [0.2, 0.25) is 0 Å². The number of nitriles is 1. The van der Waals surface area contributed by atoms with Crippen molar-refractivity contribution in [2.75, 3.05) is 6.54 Å². The van der Waals surface area contributed by atoms with Gasteiger partial charge in [0.15, 0.2) is 0 Å². The molecule has 0 radical (unpaired) electrons. The lowest BCUT2D eigenvalue weighted by molar-refractivity contribution is -0.130. The minimum atomic E-state index is -0.507. The second-order valence-corrected chi connectivity index (χ2v) is 4.61. The molecule has 1 aromatic rings. The molecule has 0 bridgehead atoms. The Balaban J connectivity index is 2.60. The first-order valence-corrected chi connectivity index (χ1v) is 6.03. The van der Waals surface area contributed by atoms with E-state index in [2.05, 4.69) is 11.4 Å². The van der Waals surface area contributed by atoms with Gasteiger partial charge in [0.25, 0.3) is 0 Å². The molecular weight excluding hydrogens is 226 g/mol. The lowest BCUT2D eigenvalue weighted by atomic mass is 9.86. The largest absolute Gasteiger partial charge is 0.352 e. The predicted molar refractivity (Wildman–Crippen MR) is 70.5 cm³/mol. The number of hydrogen-bond donors (Lipinski definition) is 2. The molecule has 4 heteroatoms. The third-order valence-corrected chi connectivity index (χ3v) is 3.32. The van der Waals surface area contributed by atoms with Gasteiger partial charge in [0, 0.05) is 13.1 Å². The maximum Gasteiger partial charge on any atom is 0.227 e. The second-order valence-electron chi connectivity index (χ2n) is 4.61. The van der Waals surface area contributed by atoms with Gasteiger partial charge in [-0.15, -0.1) is 0 Å². The van der Waals surface area contributed by atoms with E-state index in [0.29, 0.717) is 25.1 Å². The minimum absolute atomic E-state index is 0.0307. The van der Waals surface area contributed by atoms with Gasteiger partial charge in [0.05, 0.1) is 17.0 Å². The molecule has 1 amide bonds. The Labute approximate surface area is 108 Å². The standard InChI is InChI=1S/C14H19N3O/c1-3-14(2,10-16)13(18)17-9-12-6-4-11(8-15)5-7-12/h4-7H,3,9-10,16H2,1-2H3,(H,17,18). The summed E-state index contributed by atoms with van der Waals surface area (Å²) in [5, 5.41) is 11.6. The zero-order valence-electron chi connectivity index (χ0n) is 10.9. The number of hydrogen-bond acceptors (Lipinski definition) is 3. The zero-order chi connectivity index (χ0) is 13.6. The number of benzene rings is 1. The number of amides is 1. The molecule has 4 nitrogen and oxygen atoms in total. The van der Waals surface area contributed by atoms with Crippen molar-refractivity contribution in [3.8, 4) is 6.07 Å². The van der Waals surface area contributed by atoms with Crippen LogP contribution >= 0.6 is 0 Å². The summed E-state index contributed by atoms with van der Waals surface area (Å²) in [6.45, 7) is 4.61. The fourth-order valence-electron chi connectivity index (χ4n) is 1.49. The zero-order valence-corrected chi connectivity index (χ0v) is 10.9. The van der Waals surface area contributed by atoms with E-state index in [9.17, 15) is 4.79 Å². The number of nitrogens with two attached hydrogens (primary N) is 1. The monoisotopic (exact) mass is 245 g/mol. The van der Waals surface area contributed by atoms with Crippen LogP contribution in [-0.2, 0) is 11.3 Å². The Morgan fingerprint density at radius 1 is 1.44 bits per heavy atom. The van der Waals surface area contributed by atoms with Gasteiger partial charge < -0.3 is 11.1 Å². The summed E-state index contributed by atoms with van der Waals surface area (Å²) in [4.78, 5) is 12.0. The van der Waals surface area contributed by atoms with Gasteiger partial charge in [-0.3, -0.25) is 4.79 Å². The van der Waals surface area contributed by atoms with E-state index < -0.39 is 5.41 Å². The van der Waals surface area contributed by atoms with Gasteiger partial charge >= 0.3 is 0 Å². The molecule has 18 heavy (non-hydrogen) atoms. The van der Waals surface area contributed by atoms with Crippen LogP contribution in [-0.4, -0.2) is 12.5 Å². The maximum absolute atomic E-state index is 12.0. The second kappa shape index (κ2) is 6.18. The number of nitrogens with one attached hydrogen (secondary N) is 1. The van der Waals surface area contributed by atoms with Crippen molar-refractivity contribution < 1.29 is 4.79 Å². The first-order valence-electron chi connectivity index (χ1n) is 6.03. The summed E-state index contributed by atoms with van der Waals surface area (Å²) in [5.41, 5.74) is 6.71. The van der Waals surface area contributed by atoms with Crippen LogP contribution in [0.1, 0.15) is 31.4 Å². The van der Waals surface area contributed by atoms with Crippen LogP contribution in [0.3, 0.4) is 0 Å². The van der Waals surface area contributed by atoms with Gasteiger partial charge in [0.2, 0.25) is 5.91 Å². The number of nitrogens with zero attached hydrogens (tertiary/aromatic N) is 1. The van der Waals surface area contributed by atoms with Crippen LogP contribution in [0.25, 0.3) is 0 Å². The molecule has 3 N–H and O–H groups in total. The SMILES string of the molecule is CCC(C)(CN)C(=O)NCc1ccc(C#N)cc1. The smallest absolute Gasteiger partial charge is 0.227 e. The lowest BCUT2D eigenvalue weighted by Gasteiger charge is -2.24. The van der Waals surface area contributed by atoms with E-state index in [0.717, 1.165) is 5.56 Å². The van der Waals surface area contributed by atoms with E-state index in [1.807, 2.05) is 26.0 Å². The number of rotatable bonds is 5. The van der Waals surface area contributed by atoms with Crippen molar-refractivity contribution in [2.45, 2.75) is 26.8 Å². The van der Waals surface area contributed by atoms with Gasteiger partial charge in [-0.05, 0) is 31.0 Å². The molecule has 0 saturated carbocycles. The van der Waals surface area contributed by atoms with Gasteiger partial charge in [-0.2, -0.15) is 5.26 Å². The molecule has 0 fully saturated rings. The van der Waals surface area contributed by atoms with Crippen LogP contribution in [0, 0.1) is 16.7 Å². The molecule has 0 aliphatic carbocycles. The number of carbonyl (C=O) groups is 1. The molecule has 1 aromatic carbocycles. The molecular formula is C14H19N3O. The highest BCUT2D eigenvalue weighted by Gasteiger charge is 2.29. The van der Waals surface area contributed by atoms with Crippen LogP contribution in [0.15, 0.2) is 24.3 Å². The summed E-state index contributed by atoms with van der Waals surface area (Å²) in [6.07, 6.45) is 0.711. The summed E-state index contributed by atoms with van der Waals surface area (Å²) < 4.78 is 0. The maximum atomic E-state index is 12.0. The Hall–Kier alpha value is -1.86. The van der Waals surface area contributed by atoms with Crippen LogP contribution in [0.4, 0.5) is 0 Å². The molecule has 0 aromatic heterocycles. The quantitative estimate of drug-likeness (QED) is 0.826. The average Bonchev–Trinajstić information content (AvgIpc) is 2.44. The molecule has 0 aliphatic rings. The third-order valence-electron chi connectivity index (χ3n) is 3.32. The molecule has 0 saturated heterocycles. The van der Waals surface area contributed by atoms with E-state index in [4.69, 9.17) is 11.0 Å². The van der Waals surface area contributed by atoms with Crippen molar-refractivity contribution in [1.29, 1.82) is 5.26 Å². The van der Waals surface area contributed by atoms with Crippen molar-refractivity contribution >= 4 is 5.91 Å². The van der Waals surface area contributed by atoms with Gasteiger partial charge in [-0.25, -0.2) is 0 Å². The summed E-state index contributed by atoms with van der Waals surface area (Å²) in [6, 6.07) is 9.21. The molecule has 0 spiro atoms. The van der Waals surface area contributed by atoms with Crippen molar-refractivity contribution in [2.24, 2.45) is 11.1 Å². The van der Waals surface area contributed by atoms with E-state index >= 15 is 0 Å². The molecule has 96 valence electrons. The summed E-state index contributed by atoms with van der Waals surface area (Å²) in [7, 11) is 0. The van der Waals surface area contributed by atoms with Crippen molar-refractivity contribution in [3.05, 3.63) is 35.4 Å². The summed E-state index contributed by atoms with van der Waals surface area (Å²) in [5.74, 6) is -0.0307. The van der Waals surface area contributed by atoms with Crippen LogP contribution in [0.5, 0.6) is 0 Å². The molecule has 1 rings (SSSR count). The van der Waals surface area contributed by atoms with Crippen molar-refractivity contribution in [1.82, 2.24) is 5.32 Å². The van der Waals surface area contributed by atoms with E-state index in [1.165, 1.54) is 0 Å². The first-order chi connectivity index (χ1) is 8.55. The highest BCUT2D eigenvalue weighted by atomic mass is 16.2. The molecule has 0 aliphatic heterocycles. The van der Waals surface area contributed by atoms with Gasteiger partial charge in [-0.1, -0.05) is 19.1 Å². The highest BCUT2D eigenvalue weighted by molar-refractivity contribution is 5.82. The van der Waals surface area contributed by atoms with E-state index in [1.54, 1.807) is 12.1 Å². The fourth-order valence-corrected chi connectivity index (χ4v) is 1.49. The first kappa shape index (κ1) is 14.2. The Morgan fingerprint density at radius 2 is 2.06 bits per heavy atom. The third kappa shape index (κ3) is 3.31. The van der Waals surface area contributed by atoms with Gasteiger partial charge in [0.1, 0.15) is 0 Å². The van der Waals surface area contributed by atoms with Crippen LogP contribution < -0.4 is 11.1 Å². The Bertz CT molecular complexity index is 441. The Kier molecular flexibility index (Phi) is 4.87. The molecule has 1 unspecified atom stereocenters. The lowest BCUT2D eigenvalue weighted by Crippen LogP contribution is -2.43.